The van der Waals surface area contributed by atoms with Crippen molar-refractivity contribution in [2.24, 2.45) is 0 Å². The summed E-state index contributed by atoms with van der Waals surface area (Å²) < 4.78 is 17.1. The Labute approximate surface area is 245 Å². The van der Waals surface area contributed by atoms with Gasteiger partial charge in [0.15, 0.2) is 0 Å². The van der Waals surface area contributed by atoms with E-state index in [9.17, 15) is 19.5 Å². The molecule has 2 aliphatic rings. The number of furan rings is 1. The second-order valence-corrected chi connectivity index (χ2v) is 12.1. The van der Waals surface area contributed by atoms with Gasteiger partial charge < -0.3 is 24.3 Å². The van der Waals surface area contributed by atoms with E-state index < -0.39 is 23.8 Å². The predicted octanol–water partition coefficient (Wildman–Crippen LogP) is 6.87. The van der Waals surface area contributed by atoms with Crippen LogP contribution in [-0.2, 0) is 16.0 Å². The fraction of sp³-hybridized carbons (Fsp3) is 0.424. The standard InChI is InChI=1S/C33H38N2O7/c1-20-16-23(41-29(20)30(36)37)18-35(22-11-9-10-21(17-22)34-31(38)42-33(2,3)4)32(39)40-19-28-26-14-7-5-12-24(26)25-13-6-8-15-27(25)28/h5-8,12-16,21-22,28H,9-11,17-19H2,1-4H3,(H,34,38)(H,36,37)/t21-,22-/m1/s1. The fourth-order valence-electron chi connectivity index (χ4n) is 6.08. The topological polar surface area (TPSA) is 118 Å². The number of hydrogen-bond acceptors (Lipinski definition) is 6. The maximum absolute atomic E-state index is 13.8. The van der Waals surface area contributed by atoms with Crippen LogP contribution in [0, 0.1) is 6.92 Å². The number of nitrogens with one attached hydrogen (secondary N) is 1. The van der Waals surface area contributed by atoms with Gasteiger partial charge in [0.1, 0.15) is 18.0 Å². The van der Waals surface area contributed by atoms with Gasteiger partial charge in [-0.3, -0.25) is 4.90 Å². The van der Waals surface area contributed by atoms with Crippen LogP contribution < -0.4 is 5.32 Å². The molecular formula is C33H38N2O7. The Bertz CT molecular complexity index is 1430. The number of amides is 2. The number of alkyl carbamates (subject to hydrolysis) is 1. The third kappa shape index (κ3) is 6.45. The molecule has 1 aromatic heterocycles. The average molecular weight is 575 g/mol. The van der Waals surface area contributed by atoms with E-state index in [-0.39, 0.29) is 36.9 Å². The Morgan fingerprint density at radius 3 is 2.26 bits per heavy atom. The van der Waals surface area contributed by atoms with Gasteiger partial charge in [0.25, 0.3) is 0 Å². The Morgan fingerprint density at radius 2 is 1.67 bits per heavy atom. The summed E-state index contributed by atoms with van der Waals surface area (Å²) in [6.45, 7) is 7.31. The van der Waals surface area contributed by atoms with Crippen molar-refractivity contribution in [1.82, 2.24) is 10.2 Å². The van der Waals surface area contributed by atoms with E-state index in [1.54, 1.807) is 17.9 Å². The molecule has 1 heterocycles. The maximum atomic E-state index is 13.8. The van der Waals surface area contributed by atoms with Crippen LogP contribution in [0.5, 0.6) is 0 Å². The minimum atomic E-state index is -1.16. The Kier molecular flexibility index (Phi) is 8.29. The smallest absolute Gasteiger partial charge is 0.410 e. The van der Waals surface area contributed by atoms with Crippen LogP contribution >= 0.6 is 0 Å². The van der Waals surface area contributed by atoms with Crippen LogP contribution in [0.15, 0.2) is 59.0 Å². The summed E-state index contributed by atoms with van der Waals surface area (Å²) in [6, 6.07) is 17.5. The molecule has 2 aromatic carbocycles. The quantitative estimate of drug-likeness (QED) is 0.316. The van der Waals surface area contributed by atoms with Crippen LogP contribution in [-0.4, -0.2) is 52.5 Å². The zero-order chi connectivity index (χ0) is 30.0. The molecule has 5 rings (SSSR count). The molecular weight excluding hydrogens is 536 g/mol. The molecule has 0 saturated heterocycles. The second-order valence-electron chi connectivity index (χ2n) is 12.1. The molecule has 0 aliphatic heterocycles. The van der Waals surface area contributed by atoms with E-state index in [1.165, 1.54) is 0 Å². The number of rotatable bonds is 7. The fourth-order valence-corrected chi connectivity index (χ4v) is 6.08. The summed E-state index contributed by atoms with van der Waals surface area (Å²) >= 11 is 0. The molecule has 42 heavy (non-hydrogen) atoms. The maximum Gasteiger partial charge on any atom is 0.410 e. The van der Waals surface area contributed by atoms with Crippen LogP contribution in [0.1, 0.15) is 85.4 Å². The van der Waals surface area contributed by atoms with Gasteiger partial charge in [-0.05, 0) is 81.7 Å². The Hall–Kier alpha value is -4.27. The number of hydrogen-bond donors (Lipinski definition) is 2. The molecule has 9 heteroatoms. The van der Waals surface area contributed by atoms with Crippen molar-refractivity contribution < 1.29 is 33.4 Å². The summed E-state index contributed by atoms with van der Waals surface area (Å²) in [4.78, 5) is 39.5. The van der Waals surface area contributed by atoms with Crippen LogP contribution in [0.3, 0.4) is 0 Å². The van der Waals surface area contributed by atoms with E-state index in [0.717, 1.165) is 35.1 Å². The number of nitrogens with zero attached hydrogens (tertiary/aromatic N) is 1. The molecule has 0 spiro atoms. The van der Waals surface area contributed by atoms with Crippen molar-refractivity contribution in [3.63, 3.8) is 0 Å². The van der Waals surface area contributed by atoms with Gasteiger partial charge in [0.2, 0.25) is 5.76 Å². The number of ether oxygens (including phenoxy) is 2. The number of carbonyl (C=O) groups excluding carboxylic acids is 2. The van der Waals surface area contributed by atoms with Crippen molar-refractivity contribution >= 4 is 18.2 Å². The van der Waals surface area contributed by atoms with Gasteiger partial charge in [-0.25, -0.2) is 14.4 Å². The monoisotopic (exact) mass is 574 g/mol. The highest BCUT2D eigenvalue weighted by molar-refractivity contribution is 5.86. The molecule has 2 amide bonds. The van der Waals surface area contributed by atoms with Crippen molar-refractivity contribution in [3.05, 3.63) is 82.8 Å². The van der Waals surface area contributed by atoms with Gasteiger partial charge >= 0.3 is 18.2 Å². The molecule has 1 saturated carbocycles. The molecule has 0 bridgehead atoms. The van der Waals surface area contributed by atoms with Gasteiger partial charge in [-0.15, -0.1) is 0 Å². The highest BCUT2D eigenvalue weighted by atomic mass is 16.6. The van der Waals surface area contributed by atoms with Crippen molar-refractivity contribution in [2.75, 3.05) is 6.61 Å². The van der Waals surface area contributed by atoms with Gasteiger partial charge in [-0.2, -0.15) is 0 Å². The average Bonchev–Trinajstić information content (AvgIpc) is 3.47. The highest BCUT2D eigenvalue weighted by Crippen LogP contribution is 2.44. The van der Waals surface area contributed by atoms with Gasteiger partial charge in [0, 0.05) is 23.6 Å². The first-order valence-corrected chi connectivity index (χ1v) is 14.4. The van der Waals surface area contributed by atoms with E-state index in [1.807, 2.05) is 45.0 Å². The Morgan fingerprint density at radius 1 is 1.02 bits per heavy atom. The Balaban J connectivity index is 1.35. The molecule has 0 radical (unpaired) electrons. The van der Waals surface area contributed by atoms with Crippen molar-refractivity contribution in [3.8, 4) is 11.1 Å². The SMILES string of the molecule is Cc1cc(CN(C(=O)OCC2c3ccccc3-c3ccccc32)[C@@H]2CCC[C@@H](NC(=O)OC(C)(C)C)C2)oc1C(=O)O. The zero-order valence-electron chi connectivity index (χ0n) is 24.5. The first kappa shape index (κ1) is 29.2. The lowest BCUT2D eigenvalue weighted by molar-refractivity contribution is 0.0444. The molecule has 0 unspecified atom stereocenters. The van der Waals surface area contributed by atoms with Crippen molar-refractivity contribution in [1.29, 1.82) is 0 Å². The van der Waals surface area contributed by atoms with E-state index in [4.69, 9.17) is 13.9 Å². The number of carbonyl (C=O) groups is 3. The van der Waals surface area contributed by atoms with Crippen molar-refractivity contribution in [2.45, 2.75) is 83.5 Å². The van der Waals surface area contributed by atoms with E-state index in [2.05, 4.69) is 29.6 Å². The zero-order valence-corrected chi connectivity index (χ0v) is 24.5. The number of aromatic carboxylic acids is 1. The number of carboxylic acid groups (broad SMARTS) is 1. The summed E-state index contributed by atoms with van der Waals surface area (Å²) in [7, 11) is 0. The predicted molar refractivity (Wildman–Crippen MR) is 156 cm³/mol. The number of carboxylic acids is 1. The largest absolute Gasteiger partial charge is 0.475 e. The first-order chi connectivity index (χ1) is 20.0. The summed E-state index contributed by atoms with van der Waals surface area (Å²) in [5.74, 6) is -1.04. The van der Waals surface area contributed by atoms with Crippen LogP contribution in [0.2, 0.25) is 0 Å². The molecule has 2 N–H and O–H groups in total. The summed E-state index contributed by atoms with van der Waals surface area (Å²) in [5, 5.41) is 12.4. The summed E-state index contributed by atoms with van der Waals surface area (Å²) in [5.41, 5.74) is 4.38. The first-order valence-electron chi connectivity index (χ1n) is 14.4. The molecule has 2 atom stereocenters. The second kappa shape index (κ2) is 11.9. The molecule has 9 nitrogen and oxygen atoms in total. The number of fused-ring (bicyclic) bond motifs is 3. The van der Waals surface area contributed by atoms with Gasteiger partial charge in [0.05, 0.1) is 6.54 Å². The van der Waals surface area contributed by atoms with Crippen LogP contribution in [0.4, 0.5) is 9.59 Å². The minimum Gasteiger partial charge on any atom is -0.475 e. The highest BCUT2D eigenvalue weighted by Gasteiger charge is 2.35. The van der Waals surface area contributed by atoms with Gasteiger partial charge in [-0.1, -0.05) is 48.5 Å². The van der Waals surface area contributed by atoms with Crippen LogP contribution in [0.25, 0.3) is 11.1 Å². The minimum absolute atomic E-state index is 0.0502. The molecule has 2 aliphatic carbocycles. The number of aryl methyl sites for hydroxylation is 1. The molecule has 3 aromatic rings. The third-order valence-electron chi connectivity index (χ3n) is 7.87. The summed E-state index contributed by atoms with van der Waals surface area (Å²) in [6.07, 6.45) is 1.77. The molecule has 1 fully saturated rings. The normalized spacial score (nSPS) is 18.1. The number of benzene rings is 2. The third-order valence-corrected chi connectivity index (χ3v) is 7.87. The lowest BCUT2D eigenvalue weighted by Crippen LogP contribution is -2.48. The molecule has 222 valence electrons. The van der Waals surface area contributed by atoms with E-state index in [0.29, 0.717) is 24.2 Å². The van der Waals surface area contributed by atoms with E-state index >= 15 is 0 Å². The lowest BCUT2D eigenvalue weighted by atomic mass is 9.90. The lowest BCUT2D eigenvalue weighted by Gasteiger charge is -2.37.